The van der Waals surface area contributed by atoms with Gasteiger partial charge >= 0.3 is 0 Å². The van der Waals surface area contributed by atoms with E-state index in [0.717, 1.165) is 12.8 Å². The maximum atomic E-state index is 12.9. The van der Waals surface area contributed by atoms with Gasteiger partial charge in [0.25, 0.3) is 0 Å². The van der Waals surface area contributed by atoms with Gasteiger partial charge in [0.05, 0.1) is 5.25 Å². The number of hydrogen-bond acceptors (Lipinski definition) is 7. The molecule has 9 heteroatoms. The summed E-state index contributed by atoms with van der Waals surface area (Å²) in [4.78, 5) is 12.7. The third-order valence-corrected chi connectivity index (χ3v) is 8.33. The van der Waals surface area contributed by atoms with Crippen molar-refractivity contribution in [3.63, 3.8) is 0 Å². The predicted molar refractivity (Wildman–Crippen MR) is 94.5 cm³/mol. The second-order valence-corrected chi connectivity index (χ2v) is 10.4. The van der Waals surface area contributed by atoms with Crippen molar-refractivity contribution < 1.29 is 27.2 Å². The van der Waals surface area contributed by atoms with E-state index in [4.69, 9.17) is 14.0 Å². The topological polar surface area (TPSA) is 108 Å². The number of ether oxygens (including phenoxy) is 2. The number of hydrogen-bond donors (Lipinski definition) is 1. The molecule has 26 heavy (non-hydrogen) atoms. The van der Waals surface area contributed by atoms with Gasteiger partial charge in [0.15, 0.2) is 9.84 Å². The van der Waals surface area contributed by atoms with Crippen molar-refractivity contribution in [3.8, 4) is 0 Å². The summed E-state index contributed by atoms with van der Waals surface area (Å²) in [6, 6.07) is 1.60. The fourth-order valence-electron chi connectivity index (χ4n) is 3.36. The molecule has 146 valence electrons. The quantitative estimate of drug-likeness (QED) is 0.824. The summed E-state index contributed by atoms with van der Waals surface area (Å²) in [7, 11) is -3.68. The lowest BCUT2D eigenvalue weighted by molar-refractivity contribution is -0.118. The molecule has 0 radical (unpaired) electrons. The molecule has 1 amide bonds. The monoisotopic (exact) mass is 386 g/mol. The van der Waals surface area contributed by atoms with Crippen molar-refractivity contribution in [2.24, 2.45) is 0 Å². The van der Waals surface area contributed by atoms with E-state index in [-0.39, 0.29) is 5.88 Å². The van der Waals surface area contributed by atoms with Crippen LogP contribution >= 0.6 is 0 Å². The molecule has 2 aliphatic rings. The lowest BCUT2D eigenvalue weighted by atomic mass is 9.99. The van der Waals surface area contributed by atoms with Crippen LogP contribution in [0.5, 0.6) is 0 Å². The van der Waals surface area contributed by atoms with Gasteiger partial charge in [0.1, 0.15) is 16.0 Å². The Morgan fingerprint density at radius 2 is 2.00 bits per heavy atom. The number of anilines is 1. The first kappa shape index (κ1) is 19.3. The van der Waals surface area contributed by atoms with Crippen LogP contribution in [-0.4, -0.2) is 49.3 Å². The second kappa shape index (κ2) is 6.94. The molecule has 3 rings (SSSR count). The smallest absolute Gasteiger partial charge is 0.247 e. The first-order valence-electron chi connectivity index (χ1n) is 8.91. The molecule has 8 nitrogen and oxygen atoms in total. The summed E-state index contributed by atoms with van der Waals surface area (Å²) < 4.78 is 40.4. The molecule has 0 bridgehead atoms. The van der Waals surface area contributed by atoms with E-state index >= 15 is 0 Å². The van der Waals surface area contributed by atoms with Crippen molar-refractivity contribution >= 4 is 21.6 Å². The van der Waals surface area contributed by atoms with E-state index in [9.17, 15) is 13.2 Å². The van der Waals surface area contributed by atoms with Crippen molar-refractivity contribution in [3.05, 3.63) is 11.8 Å². The van der Waals surface area contributed by atoms with E-state index in [1.54, 1.807) is 6.07 Å². The Kier molecular flexibility index (Phi) is 5.15. The molecule has 2 aliphatic heterocycles. The number of amides is 1. The summed E-state index contributed by atoms with van der Waals surface area (Å²) >= 11 is 0. The summed E-state index contributed by atoms with van der Waals surface area (Å²) in [6.45, 7) is 6.21. The van der Waals surface area contributed by atoms with E-state index in [1.807, 2.05) is 6.92 Å². The van der Waals surface area contributed by atoms with Crippen LogP contribution in [0.15, 0.2) is 10.6 Å². The number of nitrogens with zero attached hydrogens (tertiary/aromatic N) is 1. The van der Waals surface area contributed by atoms with Gasteiger partial charge in [0.2, 0.25) is 11.8 Å². The minimum Gasteiger partial charge on any atom is -0.381 e. The number of aromatic nitrogens is 1. The highest BCUT2D eigenvalue weighted by atomic mass is 32.2. The molecule has 0 aromatic carbocycles. The van der Waals surface area contributed by atoms with Crippen LogP contribution in [0.4, 0.5) is 5.88 Å². The minimum atomic E-state index is -3.68. The normalized spacial score (nSPS) is 25.3. The number of carbonyl (C=O) groups excluding carboxylic acids is 1. The van der Waals surface area contributed by atoms with Crippen LogP contribution in [0.3, 0.4) is 0 Å². The average Bonchev–Trinajstić information content (AvgIpc) is 3.25. The highest BCUT2D eigenvalue weighted by Gasteiger charge is 2.47. The Morgan fingerprint density at radius 3 is 2.62 bits per heavy atom. The third kappa shape index (κ3) is 3.39. The van der Waals surface area contributed by atoms with Crippen LogP contribution in [-0.2, 0) is 29.7 Å². The lowest BCUT2D eigenvalue weighted by Crippen LogP contribution is -2.50. The summed E-state index contributed by atoms with van der Waals surface area (Å²) in [5.41, 5.74) is 0.0614. The predicted octanol–water partition coefficient (Wildman–Crippen LogP) is 2.01. The van der Waals surface area contributed by atoms with Gasteiger partial charge < -0.3 is 14.0 Å². The Labute approximate surface area is 153 Å². The molecule has 0 spiro atoms. The molecule has 3 heterocycles. The highest BCUT2D eigenvalue weighted by Crippen LogP contribution is 2.36. The van der Waals surface area contributed by atoms with E-state index in [2.05, 4.69) is 10.5 Å². The molecule has 2 saturated heterocycles. The Morgan fingerprint density at radius 1 is 1.31 bits per heavy atom. The zero-order chi connectivity index (χ0) is 19.0. The van der Waals surface area contributed by atoms with Crippen molar-refractivity contribution in [2.45, 2.75) is 62.1 Å². The fraction of sp³-hybridized carbons (Fsp3) is 0.765. The Balaban J connectivity index is 1.73. The van der Waals surface area contributed by atoms with Gasteiger partial charge in [-0.2, -0.15) is 0 Å². The molecule has 1 aromatic rings. The van der Waals surface area contributed by atoms with Crippen LogP contribution in [0.1, 0.15) is 52.1 Å². The molecule has 1 N–H and O–H groups in total. The molecule has 0 aliphatic carbocycles. The summed E-state index contributed by atoms with van der Waals surface area (Å²) in [5, 5.41) is 5.95. The van der Waals surface area contributed by atoms with Gasteiger partial charge in [0, 0.05) is 25.9 Å². The number of sulfone groups is 1. The highest BCUT2D eigenvalue weighted by molar-refractivity contribution is 7.94. The Bertz CT molecular complexity index is 758. The van der Waals surface area contributed by atoms with Crippen LogP contribution in [0.25, 0.3) is 0 Å². The van der Waals surface area contributed by atoms with Crippen molar-refractivity contribution in [2.75, 3.05) is 25.1 Å². The van der Waals surface area contributed by atoms with Crippen LogP contribution < -0.4 is 5.32 Å². The molecule has 0 saturated carbocycles. The largest absolute Gasteiger partial charge is 0.381 e. The number of nitrogens with one attached hydrogen (secondary N) is 1. The standard InChI is InChI=1S/C17H26N2O6S/c1-16(2,26(21,22)12-5-9-23-10-6-12)15(20)18-14-11-13(19-25-14)17(3)7-4-8-24-17/h11-12H,4-10H2,1-3H3,(H,18,20). The maximum Gasteiger partial charge on any atom is 0.247 e. The third-order valence-electron chi connectivity index (χ3n) is 5.37. The second-order valence-electron chi connectivity index (χ2n) is 7.58. The molecular formula is C17H26N2O6S. The first-order chi connectivity index (χ1) is 12.2. The zero-order valence-corrected chi connectivity index (χ0v) is 16.2. The van der Waals surface area contributed by atoms with Gasteiger partial charge in [-0.3, -0.25) is 10.1 Å². The van der Waals surface area contributed by atoms with Gasteiger partial charge in [-0.25, -0.2) is 8.42 Å². The van der Waals surface area contributed by atoms with Gasteiger partial charge in [-0.15, -0.1) is 0 Å². The maximum absolute atomic E-state index is 12.9. The molecule has 1 atom stereocenters. The zero-order valence-electron chi connectivity index (χ0n) is 15.4. The number of carbonyl (C=O) groups is 1. The lowest BCUT2D eigenvalue weighted by Gasteiger charge is -2.30. The van der Waals surface area contributed by atoms with Crippen LogP contribution in [0, 0.1) is 0 Å². The Hall–Kier alpha value is -1.45. The average molecular weight is 386 g/mol. The van der Waals surface area contributed by atoms with Crippen molar-refractivity contribution in [1.82, 2.24) is 5.16 Å². The summed E-state index contributed by atoms with van der Waals surface area (Å²) in [6.07, 6.45) is 2.56. The molecule has 2 fully saturated rings. The minimum absolute atomic E-state index is 0.122. The van der Waals surface area contributed by atoms with E-state index in [0.29, 0.717) is 38.4 Å². The van der Waals surface area contributed by atoms with Crippen LogP contribution in [0.2, 0.25) is 0 Å². The van der Waals surface area contributed by atoms with Crippen molar-refractivity contribution in [1.29, 1.82) is 0 Å². The molecule has 1 unspecified atom stereocenters. The number of rotatable bonds is 5. The SMILES string of the molecule is CC1(c2cc(NC(=O)C(C)(C)S(=O)(=O)C3CCOCC3)on2)CCCO1. The summed E-state index contributed by atoms with van der Waals surface area (Å²) in [5.74, 6) is -0.513. The van der Waals surface area contributed by atoms with E-state index < -0.39 is 31.3 Å². The van der Waals surface area contributed by atoms with Gasteiger partial charge in [-0.1, -0.05) is 5.16 Å². The molecule has 1 aromatic heterocycles. The van der Waals surface area contributed by atoms with Gasteiger partial charge in [-0.05, 0) is 46.5 Å². The first-order valence-corrected chi connectivity index (χ1v) is 10.5. The fourth-order valence-corrected chi connectivity index (χ4v) is 5.31. The van der Waals surface area contributed by atoms with E-state index in [1.165, 1.54) is 13.8 Å². The molecular weight excluding hydrogens is 360 g/mol.